The zero-order valence-corrected chi connectivity index (χ0v) is 17.6. The Morgan fingerprint density at radius 1 is 1.34 bits per heavy atom. The number of carbonyl (C=O) groups excluding carboxylic acids is 1. The number of ether oxygens (including phenoxy) is 1. The van der Waals surface area contributed by atoms with Crippen LogP contribution in [0.25, 0.3) is 6.08 Å². The maximum atomic E-state index is 13.4. The Kier molecular flexibility index (Phi) is 4.41. The predicted octanol–water partition coefficient (Wildman–Crippen LogP) is 5.03. The van der Waals surface area contributed by atoms with Crippen molar-refractivity contribution in [3.05, 3.63) is 52.9 Å². The molecule has 4 heteroatoms. The number of hydrogen-bond donors (Lipinski definition) is 0. The van der Waals surface area contributed by atoms with Crippen LogP contribution in [0.4, 0.5) is 0 Å². The summed E-state index contributed by atoms with van der Waals surface area (Å²) in [6.07, 6.45) is 11.3. The van der Waals surface area contributed by atoms with Gasteiger partial charge in [-0.1, -0.05) is 13.0 Å². The minimum Gasteiger partial charge on any atom is -0.497 e. The smallest absolute Gasteiger partial charge is 0.165 e. The topological polar surface area (TPSA) is 44.1 Å². The van der Waals surface area contributed by atoms with Gasteiger partial charge < -0.3 is 4.74 Å². The van der Waals surface area contributed by atoms with Gasteiger partial charge in [0.15, 0.2) is 5.78 Å². The number of benzene rings is 1. The maximum Gasteiger partial charge on any atom is 0.165 e. The van der Waals surface area contributed by atoms with E-state index in [4.69, 9.17) is 4.74 Å². The lowest BCUT2D eigenvalue weighted by Crippen LogP contribution is -2.42. The fourth-order valence-electron chi connectivity index (χ4n) is 6.31. The summed E-state index contributed by atoms with van der Waals surface area (Å²) in [5.74, 6) is 2.97. The average molecular weight is 391 g/mol. The van der Waals surface area contributed by atoms with Crippen molar-refractivity contribution in [3.8, 4) is 5.75 Å². The summed E-state index contributed by atoms with van der Waals surface area (Å²) >= 11 is 0. The number of carbonyl (C=O) groups is 1. The van der Waals surface area contributed by atoms with Crippen LogP contribution >= 0.6 is 0 Å². The molecule has 1 heterocycles. The number of hydrogen-bond acceptors (Lipinski definition) is 3. The molecule has 0 spiro atoms. The van der Waals surface area contributed by atoms with Gasteiger partial charge in [0, 0.05) is 23.7 Å². The molecule has 29 heavy (non-hydrogen) atoms. The van der Waals surface area contributed by atoms with E-state index in [1.807, 2.05) is 17.1 Å². The zero-order chi connectivity index (χ0) is 20.2. The Bertz CT molecular complexity index is 988. The first kappa shape index (κ1) is 18.7. The lowest BCUT2D eigenvalue weighted by Gasteiger charge is -2.48. The monoisotopic (exact) mass is 390 g/mol. The van der Waals surface area contributed by atoms with Gasteiger partial charge in [0.1, 0.15) is 5.75 Å². The Hall–Kier alpha value is -2.36. The normalized spacial score (nSPS) is 32.0. The number of aromatic nitrogens is 2. The molecule has 152 valence electrons. The highest BCUT2D eigenvalue weighted by atomic mass is 16.5. The lowest BCUT2D eigenvalue weighted by atomic mass is 9.55. The van der Waals surface area contributed by atoms with Crippen molar-refractivity contribution in [2.24, 2.45) is 17.3 Å². The second-order valence-corrected chi connectivity index (χ2v) is 9.27. The quantitative estimate of drug-likeness (QED) is 0.691. The number of ketones is 1. The molecule has 2 saturated carbocycles. The van der Waals surface area contributed by atoms with Crippen LogP contribution in [-0.4, -0.2) is 22.7 Å². The van der Waals surface area contributed by atoms with Crippen molar-refractivity contribution >= 4 is 11.9 Å². The largest absolute Gasteiger partial charge is 0.497 e. The van der Waals surface area contributed by atoms with E-state index in [1.165, 1.54) is 17.5 Å². The molecule has 0 saturated heterocycles. The van der Waals surface area contributed by atoms with Gasteiger partial charge in [0.25, 0.3) is 0 Å². The van der Waals surface area contributed by atoms with E-state index in [0.29, 0.717) is 23.5 Å². The summed E-state index contributed by atoms with van der Waals surface area (Å²) in [4.78, 5) is 13.4. The second kappa shape index (κ2) is 6.86. The van der Waals surface area contributed by atoms with E-state index < -0.39 is 0 Å². The molecule has 0 amide bonds. The molecule has 0 unspecified atom stereocenters. The number of fused-ring (bicyclic) bond motifs is 5. The minimum atomic E-state index is -0.197. The number of aryl methyl sites for hydroxylation is 2. The summed E-state index contributed by atoms with van der Waals surface area (Å²) < 4.78 is 7.36. The first-order chi connectivity index (χ1) is 14.0. The van der Waals surface area contributed by atoms with Gasteiger partial charge in [0.05, 0.1) is 13.3 Å². The summed E-state index contributed by atoms with van der Waals surface area (Å²) in [6.45, 7) is 5.17. The van der Waals surface area contributed by atoms with E-state index in [2.05, 4.69) is 43.2 Å². The van der Waals surface area contributed by atoms with Crippen LogP contribution < -0.4 is 4.74 Å². The molecular weight excluding hydrogens is 360 g/mol. The van der Waals surface area contributed by atoms with Crippen LogP contribution in [-0.2, 0) is 17.8 Å². The zero-order valence-electron chi connectivity index (χ0n) is 17.6. The number of nitrogens with zero attached hydrogens (tertiary/aromatic N) is 2. The summed E-state index contributed by atoms with van der Waals surface area (Å²) in [5, 5.41) is 4.37. The van der Waals surface area contributed by atoms with E-state index in [0.717, 1.165) is 49.1 Å². The van der Waals surface area contributed by atoms with Crippen molar-refractivity contribution in [2.75, 3.05) is 7.11 Å². The molecule has 1 aromatic heterocycles. The average Bonchev–Trinajstić information content (AvgIpc) is 3.30. The third-order valence-corrected chi connectivity index (χ3v) is 7.89. The maximum absolute atomic E-state index is 13.4. The number of Topliss-reactive ketones (excluding diaryl/α,β-unsaturated/α-hetero) is 1. The highest BCUT2D eigenvalue weighted by Crippen LogP contribution is 2.60. The molecule has 2 aromatic rings. The lowest BCUT2D eigenvalue weighted by molar-refractivity contribution is -0.127. The van der Waals surface area contributed by atoms with Crippen LogP contribution in [0.3, 0.4) is 0 Å². The van der Waals surface area contributed by atoms with Gasteiger partial charge in [-0.05, 0) is 91.7 Å². The summed E-state index contributed by atoms with van der Waals surface area (Å²) in [6, 6.07) is 6.60. The van der Waals surface area contributed by atoms with E-state index >= 15 is 0 Å². The molecule has 5 rings (SSSR count). The fourth-order valence-corrected chi connectivity index (χ4v) is 6.31. The SMILES string of the molecule is CCn1cc(/C=C2\C[C@@H]3[C@H]4CCc5cc(OC)ccc5[C@@H]4CC[C@]3(C)C2=O)cn1. The molecule has 3 aliphatic rings. The molecule has 4 nitrogen and oxygen atoms in total. The van der Waals surface area contributed by atoms with Crippen LogP contribution in [0, 0.1) is 17.3 Å². The molecule has 4 atom stereocenters. The summed E-state index contributed by atoms with van der Waals surface area (Å²) in [5.41, 5.74) is 4.81. The Balaban J connectivity index is 1.46. The van der Waals surface area contributed by atoms with Crippen molar-refractivity contribution in [1.29, 1.82) is 0 Å². The van der Waals surface area contributed by atoms with E-state index in [-0.39, 0.29) is 5.41 Å². The van der Waals surface area contributed by atoms with E-state index in [9.17, 15) is 4.79 Å². The van der Waals surface area contributed by atoms with Gasteiger partial charge >= 0.3 is 0 Å². The third kappa shape index (κ3) is 2.87. The number of allylic oxidation sites excluding steroid dienone is 1. The van der Waals surface area contributed by atoms with Gasteiger partial charge in [-0.2, -0.15) is 5.10 Å². The standard InChI is InChI=1S/C25H30N2O2/c1-4-27-15-16(14-26-27)11-18-13-23-22-7-5-17-12-19(29-3)6-8-20(17)21(22)9-10-25(23,2)24(18)28/h6,8,11-12,14-15,21-23H,4-5,7,9-10,13H2,1-3H3/b18-11+/t21-,22-,23+,25-/m0/s1. The fraction of sp³-hybridized carbons (Fsp3) is 0.520. The molecule has 0 radical (unpaired) electrons. The molecule has 3 aliphatic carbocycles. The molecule has 0 N–H and O–H groups in total. The highest BCUT2D eigenvalue weighted by Gasteiger charge is 2.56. The van der Waals surface area contributed by atoms with Gasteiger partial charge in [-0.15, -0.1) is 0 Å². The molecule has 2 fully saturated rings. The van der Waals surface area contributed by atoms with Crippen molar-refractivity contribution in [2.45, 2.75) is 58.4 Å². The predicted molar refractivity (Wildman–Crippen MR) is 114 cm³/mol. The van der Waals surface area contributed by atoms with Crippen LogP contribution in [0.1, 0.15) is 62.1 Å². The van der Waals surface area contributed by atoms with Crippen molar-refractivity contribution in [3.63, 3.8) is 0 Å². The molecule has 1 aromatic carbocycles. The second-order valence-electron chi connectivity index (χ2n) is 9.27. The third-order valence-electron chi connectivity index (χ3n) is 7.89. The van der Waals surface area contributed by atoms with Gasteiger partial charge in [-0.25, -0.2) is 0 Å². The Morgan fingerprint density at radius 3 is 2.97 bits per heavy atom. The minimum absolute atomic E-state index is 0.197. The Labute approximate surface area is 173 Å². The molecule has 0 bridgehead atoms. The van der Waals surface area contributed by atoms with Gasteiger partial charge in [-0.3, -0.25) is 9.48 Å². The van der Waals surface area contributed by atoms with Crippen LogP contribution in [0.2, 0.25) is 0 Å². The summed E-state index contributed by atoms with van der Waals surface area (Å²) in [7, 11) is 1.74. The number of methoxy groups -OCH3 is 1. The first-order valence-corrected chi connectivity index (χ1v) is 11.0. The molecule has 0 aliphatic heterocycles. The first-order valence-electron chi connectivity index (χ1n) is 11.0. The molecular formula is C25H30N2O2. The Morgan fingerprint density at radius 2 is 2.21 bits per heavy atom. The number of rotatable bonds is 3. The van der Waals surface area contributed by atoms with Crippen LogP contribution in [0.5, 0.6) is 5.75 Å². The van der Waals surface area contributed by atoms with Gasteiger partial charge in [0.2, 0.25) is 0 Å². The van der Waals surface area contributed by atoms with Crippen molar-refractivity contribution in [1.82, 2.24) is 9.78 Å². The van der Waals surface area contributed by atoms with Crippen LogP contribution in [0.15, 0.2) is 36.2 Å². The van der Waals surface area contributed by atoms with Crippen molar-refractivity contribution < 1.29 is 9.53 Å². The highest BCUT2D eigenvalue weighted by molar-refractivity contribution is 6.05. The van der Waals surface area contributed by atoms with E-state index in [1.54, 1.807) is 7.11 Å².